The average Bonchev–Trinajstić information content (AvgIpc) is 2.34. The van der Waals surface area contributed by atoms with Crippen molar-refractivity contribution in [1.29, 1.82) is 0 Å². The Labute approximate surface area is 106 Å². The molecule has 0 fully saturated rings. The Kier molecular flexibility index (Phi) is 3.38. The molecule has 0 amide bonds. The van der Waals surface area contributed by atoms with Crippen LogP contribution in [0.25, 0.3) is 0 Å². The van der Waals surface area contributed by atoms with E-state index in [1.807, 2.05) is 0 Å². The molecule has 5 nitrogen and oxygen atoms in total. The molecular weight excluding hydrogens is 261 g/mol. The molecule has 7 heteroatoms. The van der Waals surface area contributed by atoms with Crippen LogP contribution in [0.4, 0.5) is 21.5 Å². The molecule has 1 N–H and O–H groups in total. The van der Waals surface area contributed by atoms with Crippen LogP contribution >= 0.6 is 11.6 Å². The normalized spacial score (nSPS) is 10.1. The molecule has 0 spiro atoms. The molecule has 1 aromatic carbocycles. The zero-order chi connectivity index (χ0) is 13.1. The quantitative estimate of drug-likeness (QED) is 0.525. The van der Waals surface area contributed by atoms with Gasteiger partial charge in [0.1, 0.15) is 5.15 Å². The minimum atomic E-state index is -0.592. The number of aromatic nitrogens is 1. The first-order valence-corrected chi connectivity index (χ1v) is 5.26. The van der Waals surface area contributed by atoms with Gasteiger partial charge < -0.3 is 5.32 Å². The molecule has 0 saturated heterocycles. The molecule has 0 bridgehead atoms. The first-order valence-electron chi connectivity index (χ1n) is 4.89. The fraction of sp³-hybridized carbons (Fsp3) is 0. The van der Waals surface area contributed by atoms with Crippen molar-refractivity contribution in [2.45, 2.75) is 0 Å². The van der Waals surface area contributed by atoms with Crippen molar-refractivity contribution >= 4 is 28.7 Å². The third-order valence-corrected chi connectivity index (χ3v) is 2.36. The summed E-state index contributed by atoms with van der Waals surface area (Å²) in [5.74, 6) is -0.592. The van der Waals surface area contributed by atoms with Gasteiger partial charge in [-0.2, -0.15) is 0 Å². The van der Waals surface area contributed by atoms with E-state index in [1.165, 1.54) is 24.3 Å². The lowest BCUT2D eigenvalue weighted by Crippen LogP contribution is -1.96. The van der Waals surface area contributed by atoms with E-state index in [0.29, 0.717) is 5.69 Å². The molecule has 18 heavy (non-hydrogen) atoms. The Morgan fingerprint density at radius 3 is 2.89 bits per heavy atom. The Balaban J connectivity index is 2.31. The molecule has 0 aliphatic rings. The third-order valence-electron chi connectivity index (χ3n) is 2.16. The molecule has 0 aliphatic carbocycles. The second-order valence-corrected chi connectivity index (χ2v) is 3.81. The van der Waals surface area contributed by atoms with Crippen molar-refractivity contribution in [2.75, 3.05) is 5.32 Å². The highest BCUT2D eigenvalue weighted by molar-refractivity contribution is 6.29. The van der Waals surface area contributed by atoms with Gasteiger partial charge in [-0.05, 0) is 6.07 Å². The van der Waals surface area contributed by atoms with Crippen LogP contribution in [0.15, 0.2) is 36.5 Å². The summed E-state index contributed by atoms with van der Waals surface area (Å²) in [5, 5.41) is 13.4. The summed E-state index contributed by atoms with van der Waals surface area (Å²) in [6, 6.07) is 7.03. The van der Waals surface area contributed by atoms with Gasteiger partial charge in [-0.1, -0.05) is 17.7 Å². The van der Waals surface area contributed by atoms with Crippen molar-refractivity contribution in [3.05, 3.63) is 57.6 Å². The van der Waals surface area contributed by atoms with Crippen LogP contribution in [-0.2, 0) is 0 Å². The number of hydrogen-bond donors (Lipinski definition) is 1. The van der Waals surface area contributed by atoms with Gasteiger partial charge in [-0.25, -0.2) is 9.37 Å². The van der Waals surface area contributed by atoms with Gasteiger partial charge in [-0.15, -0.1) is 0 Å². The number of pyridine rings is 1. The summed E-state index contributed by atoms with van der Waals surface area (Å²) in [6.45, 7) is 0. The molecular formula is C11H7ClFN3O2. The van der Waals surface area contributed by atoms with Gasteiger partial charge in [-0.3, -0.25) is 10.1 Å². The summed E-state index contributed by atoms with van der Waals surface area (Å²) in [4.78, 5) is 13.6. The van der Waals surface area contributed by atoms with Crippen molar-refractivity contribution in [3.8, 4) is 0 Å². The molecule has 1 aromatic heterocycles. The van der Waals surface area contributed by atoms with E-state index in [0.717, 1.165) is 6.20 Å². The average molecular weight is 268 g/mol. The number of nitro benzene ring substituents is 1. The van der Waals surface area contributed by atoms with E-state index in [9.17, 15) is 14.5 Å². The Morgan fingerprint density at radius 1 is 1.39 bits per heavy atom. The lowest BCUT2D eigenvalue weighted by Gasteiger charge is -2.07. The predicted octanol–water partition coefficient (Wildman–Crippen LogP) is 3.53. The number of nitrogens with zero attached hydrogens (tertiary/aromatic N) is 2. The smallest absolute Gasteiger partial charge is 0.271 e. The molecule has 0 unspecified atom stereocenters. The van der Waals surface area contributed by atoms with E-state index >= 15 is 0 Å². The molecule has 0 saturated carbocycles. The van der Waals surface area contributed by atoms with Crippen molar-refractivity contribution in [1.82, 2.24) is 4.98 Å². The monoisotopic (exact) mass is 267 g/mol. The molecule has 1 heterocycles. The Morgan fingerprint density at radius 2 is 2.17 bits per heavy atom. The van der Waals surface area contributed by atoms with E-state index in [1.54, 1.807) is 6.07 Å². The second kappa shape index (κ2) is 4.97. The standard InChI is InChI=1S/C11H7ClFN3O2/c12-11-5-10(9(13)6-14-11)15-7-2-1-3-8(4-7)16(17)18/h1-6H,(H,14,15). The largest absolute Gasteiger partial charge is 0.353 e. The SMILES string of the molecule is O=[N+]([O-])c1cccc(Nc2cc(Cl)ncc2F)c1. The number of nitrogens with one attached hydrogen (secondary N) is 1. The van der Waals surface area contributed by atoms with Crippen LogP contribution < -0.4 is 5.32 Å². The van der Waals surface area contributed by atoms with Crippen molar-refractivity contribution in [2.24, 2.45) is 0 Å². The maximum Gasteiger partial charge on any atom is 0.271 e. The van der Waals surface area contributed by atoms with E-state index in [2.05, 4.69) is 10.3 Å². The lowest BCUT2D eigenvalue weighted by molar-refractivity contribution is -0.384. The Hall–Kier alpha value is -2.21. The highest BCUT2D eigenvalue weighted by Gasteiger charge is 2.08. The zero-order valence-electron chi connectivity index (χ0n) is 8.93. The third kappa shape index (κ3) is 2.72. The van der Waals surface area contributed by atoms with Crippen LogP contribution in [0.5, 0.6) is 0 Å². The number of rotatable bonds is 3. The van der Waals surface area contributed by atoms with Crippen molar-refractivity contribution < 1.29 is 9.31 Å². The van der Waals surface area contributed by atoms with Gasteiger partial charge in [0.25, 0.3) is 5.69 Å². The number of halogens is 2. The summed E-state index contributed by atoms with van der Waals surface area (Å²) in [6.07, 6.45) is 0.974. The topological polar surface area (TPSA) is 68.1 Å². The van der Waals surface area contributed by atoms with Crippen LogP contribution in [0, 0.1) is 15.9 Å². The number of hydrogen-bond acceptors (Lipinski definition) is 4. The fourth-order valence-corrected chi connectivity index (χ4v) is 1.52. The van der Waals surface area contributed by atoms with Crippen LogP contribution in [0.1, 0.15) is 0 Å². The molecule has 92 valence electrons. The van der Waals surface area contributed by atoms with Crippen LogP contribution in [0.2, 0.25) is 5.15 Å². The Bertz CT molecular complexity index is 607. The predicted molar refractivity (Wildman–Crippen MR) is 65.6 cm³/mol. The first-order chi connectivity index (χ1) is 8.56. The maximum atomic E-state index is 13.4. The summed E-state index contributed by atoms with van der Waals surface area (Å²) in [7, 11) is 0. The van der Waals surface area contributed by atoms with Crippen LogP contribution in [0.3, 0.4) is 0 Å². The van der Waals surface area contributed by atoms with Crippen LogP contribution in [-0.4, -0.2) is 9.91 Å². The number of anilines is 2. The van der Waals surface area contributed by atoms with E-state index in [-0.39, 0.29) is 16.5 Å². The lowest BCUT2D eigenvalue weighted by atomic mass is 10.2. The van der Waals surface area contributed by atoms with Gasteiger partial charge in [0.05, 0.1) is 16.8 Å². The van der Waals surface area contributed by atoms with Crippen molar-refractivity contribution in [3.63, 3.8) is 0 Å². The molecule has 0 atom stereocenters. The zero-order valence-corrected chi connectivity index (χ0v) is 9.69. The van der Waals surface area contributed by atoms with Gasteiger partial charge in [0.15, 0.2) is 5.82 Å². The highest BCUT2D eigenvalue weighted by atomic mass is 35.5. The second-order valence-electron chi connectivity index (χ2n) is 3.42. The van der Waals surface area contributed by atoms with Gasteiger partial charge in [0, 0.05) is 23.9 Å². The first kappa shape index (κ1) is 12.3. The minimum Gasteiger partial charge on any atom is -0.353 e. The molecule has 0 radical (unpaired) electrons. The van der Waals surface area contributed by atoms with E-state index in [4.69, 9.17) is 11.6 Å². The highest BCUT2D eigenvalue weighted by Crippen LogP contribution is 2.24. The summed E-state index contributed by atoms with van der Waals surface area (Å²) >= 11 is 5.64. The molecule has 0 aliphatic heterocycles. The number of nitro groups is 1. The molecule has 2 rings (SSSR count). The number of benzene rings is 1. The maximum absolute atomic E-state index is 13.4. The minimum absolute atomic E-state index is 0.0828. The summed E-state index contributed by atoms with van der Waals surface area (Å²) < 4.78 is 13.4. The molecule has 2 aromatic rings. The fourth-order valence-electron chi connectivity index (χ4n) is 1.36. The number of non-ortho nitro benzene ring substituents is 1. The van der Waals surface area contributed by atoms with Gasteiger partial charge in [0.2, 0.25) is 0 Å². The van der Waals surface area contributed by atoms with Gasteiger partial charge >= 0.3 is 0 Å². The van der Waals surface area contributed by atoms with E-state index < -0.39 is 10.7 Å². The summed E-state index contributed by atoms with van der Waals surface area (Å²) in [5.41, 5.74) is 0.418.